The molecule has 0 radical (unpaired) electrons. The number of anilines is 2. The molecule has 5 rings (SSSR count). The van der Waals surface area contributed by atoms with E-state index in [4.69, 9.17) is 9.84 Å². The van der Waals surface area contributed by atoms with Gasteiger partial charge in [0.2, 0.25) is 0 Å². The Morgan fingerprint density at radius 1 is 1.05 bits per heavy atom. The molecular weight excluding hydrogens is 554 g/mol. The van der Waals surface area contributed by atoms with E-state index in [0.717, 1.165) is 28.1 Å². The number of fused-ring (bicyclic) bond motifs is 2. The van der Waals surface area contributed by atoms with Crippen molar-refractivity contribution < 1.29 is 28.7 Å². The molecule has 224 valence electrons. The lowest BCUT2D eigenvalue weighted by atomic mass is 9.81. The Kier molecular flexibility index (Phi) is 9.58. The fraction of sp³-hybridized carbons (Fsp3) is 0.375. The van der Waals surface area contributed by atoms with Crippen LogP contribution < -0.4 is 14.8 Å². The number of aliphatic hydroxyl groups excluding tert-OH is 1. The van der Waals surface area contributed by atoms with Crippen LogP contribution in [0.25, 0.3) is 11.1 Å². The minimum Gasteiger partial charge on any atom is -0.490 e. The van der Waals surface area contributed by atoms with Gasteiger partial charge in [0.1, 0.15) is 23.3 Å². The topological polar surface area (TPSA) is 128 Å². The average molecular weight is 594 g/mol. The van der Waals surface area contributed by atoms with Gasteiger partial charge in [-0.2, -0.15) is 0 Å². The second-order valence-electron chi connectivity index (χ2n) is 10.9. The number of carbonyl (C=O) groups is 2. The van der Waals surface area contributed by atoms with E-state index in [1.54, 1.807) is 32.6 Å². The van der Waals surface area contributed by atoms with E-state index in [-0.39, 0.29) is 12.0 Å². The highest BCUT2D eigenvalue weighted by molar-refractivity contribution is 7.85. The minimum atomic E-state index is -1.48. The van der Waals surface area contributed by atoms with E-state index in [0.29, 0.717) is 59.7 Å². The van der Waals surface area contributed by atoms with Crippen molar-refractivity contribution in [1.82, 2.24) is 4.90 Å². The lowest BCUT2D eigenvalue weighted by Crippen LogP contribution is -2.28. The highest BCUT2D eigenvalue weighted by Crippen LogP contribution is 2.44. The zero-order chi connectivity index (χ0) is 30.7. The van der Waals surface area contributed by atoms with Crippen molar-refractivity contribution in [2.24, 2.45) is 0 Å². The molecule has 0 saturated heterocycles. The summed E-state index contributed by atoms with van der Waals surface area (Å²) < 4.78 is 21.1. The highest BCUT2D eigenvalue weighted by Gasteiger charge is 2.33. The van der Waals surface area contributed by atoms with E-state index < -0.39 is 22.9 Å². The first-order chi connectivity index (χ1) is 19.9. The number of carbonyl (C=O) groups excluding carboxylic acids is 1. The molecule has 0 spiro atoms. The smallest absolute Gasteiger partial charge is 0.310 e. The van der Waals surface area contributed by atoms with Crippen molar-refractivity contribution in [3.05, 3.63) is 75.8 Å². The van der Waals surface area contributed by atoms with Crippen molar-refractivity contribution in [2.75, 3.05) is 29.4 Å². The Morgan fingerprint density at radius 2 is 1.67 bits per heavy atom. The van der Waals surface area contributed by atoms with Crippen molar-refractivity contribution >= 4 is 34.2 Å². The fourth-order valence-corrected chi connectivity index (χ4v) is 6.07. The number of carboxylic acids is 1. The molecule has 0 saturated carbocycles. The summed E-state index contributed by atoms with van der Waals surface area (Å²) in [5, 5.41) is 21.4. The normalized spacial score (nSPS) is 14.9. The van der Waals surface area contributed by atoms with Crippen LogP contribution in [0.3, 0.4) is 0 Å². The van der Waals surface area contributed by atoms with E-state index in [9.17, 15) is 18.9 Å². The van der Waals surface area contributed by atoms with Crippen molar-refractivity contribution in [3.8, 4) is 16.9 Å². The van der Waals surface area contributed by atoms with Gasteiger partial charge in [-0.1, -0.05) is 30.3 Å². The lowest BCUT2D eigenvalue weighted by Gasteiger charge is -2.28. The zero-order valence-corrected chi connectivity index (χ0v) is 25.7. The number of amides is 1. The first-order valence-corrected chi connectivity index (χ1v) is 15.5. The lowest BCUT2D eigenvalue weighted by molar-refractivity contribution is -0.138. The molecule has 4 N–H and O–H groups in total. The number of nitrogens with zero attached hydrogens (tertiary/aromatic N) is 1. The molecular formula is C32H39N3O6S. The Morgan fingerprint density at radius 3 is 2.24 bits per heavy atom. The summed E-state index contributed by atoms with van der Waals surface area (Å²) >= 11 is 0. The first kappa shape index (κ1) is 31.1. The molecule has 42 heavy (non-hydrogen) atoms. The van der Waals surface area contributed by atoms with Gasteiger partial charge in [-0.3, -0.25) is 9.59 Å². The summed E-state index contributed by atoms with van der Waals surface area (Å²) in [6.07, 6.45) is 1.33. The molecule has 0 bridgehead atoms. The molecule has 2 heterocycles. The zero-order valence-electron chi connectivity index (χ0n) is 24.9. The molecule has 10 heteroatoms. The summed E-state index contributed by atoms with van der Waals surface area (Å²) in [5.41, 5.74) is 7.14. The number of rotatable bonds is 6. The number of aliphatic carboxylic acids is 1. The van der Waals surface area contributed by atoms with Gasteiger partial charge in [0, 0.05) is 32.0 Å². The third-order valence-electron chi connectivity index (χ3n) is 7.38. The molecule has 2 unspecified atom stereocenters. The van der Waals surface area contributed by atoms with Gasteiger partial charge in [0.05, 0.1) is 22.9 Å². The Hall–Kier alpha value is -3.89. The molecule has 2 aliphatic rings. The molecule has 1 amide bonds. The molecule has 0 fully saturated rings. The van der Waals surface area contributed by atoms with Gasteiger partial charge in [-0.25, -0.2) is 4.21 Å². The van der Waals surface area contributed by atoms with Crippen LogP contribution in [0.1, 0.15) is 64.9 Å². The molecule has 0 aliphatic carbocycles. The predicted octanol–water partition coefficient (Wildman–Crippen LogP) is 5.21. The SMILES string of the molecule is CC(C)O.Cc1c(C(=O)N2Cc3ccccc3C2)c(NS(C)=O)c(C)c(C(C)C(=O)O)c1-c1ccc2c(c1)NCCO2. The maximum atomic E-state index is 14.2. The number of aliphatic hydroxyl groups is 1. The van der Waals surface area contributed by atoms with Gasteiger partial charge in [0.15, 0.2) is 0 Å². The standard InChI is InChI=1S/C29H31N3O5S.C3H8O/c1-16-25(19-9-10-23-22(13-19)30-11-12-37-23)24(18(3)29(34)35)17(2)27(31-38(4)36)26(16)28(33)32-14-20-7-5-6-8-21(20)15-32;1-3(2)4/h5-10,13,18,30-31H,11-12,14-15H2,1-4H3,(H,34,35);3-4H,1-2H3. The Bertz CT molecular complexity index is 1510. The van der Waals surface area contributed by atoms with Crippen LogP contribution in [-0.2, 0) is 28.9 Å². The molecule has 3 aromatic rings. The summed E-state index contributed by atoms with van der Waals surface area (Å²) in [6.45, 7) is 10.9. The fourth-order valence-electron chi connectivity index (χ4n) is 5.53. The third kappa shape index (κ3) is 6.44. The largest absolute Gasteiger partial charge is 0.490 e. The van der Waals surface area contributed by atoms with E-state index >= 15 is 0 Å². The van der Waals surface area contributed by atoms with Gasteiger partial charge >= 0.3 is 5.97 Å². The second-order valence-corrected chi connectivity index (χ2v) is 12.0. The second kappa shape index (κ2) is 13.0. The van der Waals surface area contributed by atoms with Gasteiger partial charge in [-0.05, 0) is 85.7 Å². The quantitative estimate of drug-likeness (QED) is 0.309. The number of nitrogens with one attached hydrogen (secondary N) is 2. The van der Waals surface area contributed by atoms with E-state index in [1.165, 1.54) is 6.26 Å². The monoisotopic (exact) mass is 593 g/mol. The third-order valence-corrected chi connectivity index (χ3v) is 7.87. The number of hydrogen-bond donors (Lipinski definition) is 4. The number of hydrogen-bond acceptors (Lipinski definition) is 6. The van der Waals surface area contributed by atoms with Crippen molar-refractivity contribution in [2.45, 2.75) is 59.7 Å². The molecule has 2 aliphatic heterocycles. The van der Waals surface area contributed by atoms with Gasteiger partial charge in [-0.15, -0.1) is 0 Å². The van der Waals surface area contributed by atoms with Crippen LogP contribution in [0.2, 0.25) is 0 Å². The maximum absolute atomic E-state index is 14.2. The maximum Gasteiger partial charge on any atom is 0.310 e. The van der Waals surface area contributed by atoms with Crippen LogP contribution in [0.5, 0.6) is 5.75 Å². The van der Waals surface area contributed by atoms with Crippen molar-refractivity contribution in [1.29, 1.82) is 0 Å². The van der Waals surface area contributed by atoms with Crippen LogP contribution in [0, 0.1) is 13.8 Å². The van der Waals surface area contributed by atoms with Crippen molar-refractivity contribution in [3.63, 3.8) is 0 Å². The van der Waals surface area contributed by atoms with Crippen LogP contribution in [-0.4, -0.2) is 56.7 Å². The summed E-state index contributed by atoms with van der Waals surface area (Å²) in [7, 11) is -1.48. The summed E-state index contributed by atoms with van der Waals surface area (Å²) in [6, 6.07) is 13.7. The Balaban J connectivity index is 0.000000952. The summed E-state index contributed by atoms with van der Waals surface area (Å²) in [4.78, 5) is 28.2. The van der Waals surface area contributed by atoms with E-state index in [1.807, 2.05) is 49.4 Å². The van der Waals surface area contributed by atoms with Crippen LogP contribution >= 0.6 is 0 Å². The number of carboxylic acid groups (broad SMARTS) is 1. The van der Waals surface area contributed by atoms with E-state index in [2.05, 4.69) is 10.0 Å². The number of benzene rings is 3. The van der Waals surface area contributed by atoms with Crippen LogP contribution in [0.4, 0.5) is 11.4 Å². The van der Waals surface area contributed by atoms with Gasteiger partial charge < -0.3 is 29.9 Å². The molecule has 3 aromatic carbocycles. The van der Waals surface area contributed by atoms with Crippen LogP contribution in [0.15, 0.2) is 42.5 Å². The number of ether oxygens (including phenoxy) is 1. The average Bonchev–Trinajstić information content (AvgIpc) is 3.38. The molecule has 2 atom stereocenters. The summed E-state index contributed by atoms with van der Waals surface area (Å²) in [5.74, 6) is -1.31. The molecule has 0 aromatic heterocycles. The molecule has 9 nitrogen and oxygen atoms in total. The predicted molar refractivity (Wildman–Crippen MR) is 166 cm³/mol. The highest BCUT2D eigenvalue weighted by atomic mass is 32.2. The minimum absolute atomic E-state index is 0.167. The Labute approximate surface area is 249 Å². The first-order valence-electron chi connectivity index (χ1n) is 14.0. The van der Waals surface area contributed by atoms with Gasteiger partial charge in [0.25, 0.3) is 5.91 Å².